The van der Waals surface area contributed by atoms with Crippen molar-refractivity contribution >= 4 is 12.0 Å². The first-order valence-corrected chi connectivity index (χ1v) is 7.70. The Labute approximate surface area is 143 Å². The highest BCUT2D eigenvalue weighted by molar-refractivity contribution is 5.94. The Hall–Kier alpha value is -2.55. The molecule has 0 aliphatic heterocycles. The molecular formula is C18H25N3O3. The fourth-order valence-electron chi connectivity index (χ4n) is 2.23. The molecule has 0 radical (unpaired) electrons. The molecule has 0 aromatic heterocycles. The van der Waals surface area contributed by atoms with E-state index in [-0.39, 0.29) is 5.91 Å². The molecule has 1 rings (SSSR count). The number of likely N-dealkylation sites (N-methyl/N-ethyl adjacent to an activating group) is 1. The van der Waals surface area contributed by atoms with Crippen molar-refractivity contribution in [2.75, 3.05) is 13.6 Å². The molecule has 2 amide bonds. The summed E-state index contributed by atoms with van der Waals surface area (Å²) < 4.78 is 5.24. The van der Waals surface area contributed by atoms with Gasteiger partial charge in [0.1, 0.15) is 5.60 Å². The van der Waals surface area contributed by atoms with Crippen molar-refractivity contribution in [1.82, 2.24) is 10.2 Å². The van der Waals surface area contributed by atoms with Gasteiger partial charge in [0.2, 0.25) is 0 Å². The summed E-state index contributed by atoms with van der Waals surface area (Å²) in [5.74, 6) is -0.217. The SMILES string of the molecule is CN(CC(C)(C)NC(=O)OC(C)(C)C)C(=O)c1cccc(C#N)c1. The predicted octanol–water partition coefficient (Wildman–Crippen LogP) is 2.93. The summed E-state index contributed by atoms with van der Waals surface area (Å²) >= 11 is 0. The lowest BCUT2D eigenvalue weighted by Gasteiger charge is -2.32. The van der Waals surface area contributed by atoms with E-state index in [1.54, 1.807) is 52.1 Å². The fourth-order valence-corrected chi connectivity index (χ4v) is 2.23. The molecule has 0 aliphatic carbocycles. The van der Waals surface area contributed by atoms with Gasteiger partial charge in [-0.15, -0.1) is 0 Å². The monoisotopic (exact) mass is 331 g/mol. The molecule has 0 atom stereocenters. The third-order valence-electron chi connectivity index (χ3n) is 3.06. The third kappa shape index (κ3) is 6.29. The van der Waals surface area contributed by atoms with Gasteiger partial charge in [-0.3, -0.25) is 4.79 Å². The summed E-state index contributed by atoms with van der Waals surface area (Å²) in [6.45, 7) is 9.28. The molecule has 1 N–H and O–H groups in total. The minimum absolute atomic E-state index is 0.217. The summed E-state index contributed by atoms with van der Waals surface area (Å²) in [5, 5.41) is 11.7. The second-order valence-corrected chi connectivity index (χ2v) is 7.36. The molecule has 0 spiro atoms. The van der Waals surface area contributed by atoms with Crippen molar-refractivity contribution in [3.8, 4) is 6.07 Å². The molecule has 130 valence electrons. The number of ether oxygens (including phenoxy) is 1. The highest BCUT2D eigenvalue weighted by atomic mass is 16.6. The molecule has 0 saturated heterocycles. The zero-order chi connectivity index (χ0) is 18.5. The molecule has 1 aromatic rings. The fraction of sp³-hybridized carbons (Fsp3) is 0.500. The van der Waals surface area contributed by atoms with Crippen LogP contribution in [0.25, 0.3) is 0 Å². The first-order valence-electron chi connectivity index (χ1n) is 7.70. The Morgan fingerprint density at radius 2 is 1.88 bits per heavy atom. The number of benzene rings is 1. The number of hydrogen-bond donors (Lipinski definition) is 1. The minimum Gasteiger partial charge on any atom is -0.444 e. The highest BCUT2D eigenvalue weighted by Crippen LogP contribution is 2.13. The van der Waals surface area contributed by atoms with Crippen molar-refractivity contribution in [2.45, 2.75) is 45.8 Å². The van der Waals surface area contributed by atoms with Gasteiger partial charge in [-0.1, -0.05) is 6.07 Å². The molecule has 0 saturated carbocycles. The predicted molar refractivity (Wildman–Crippen MR) is 91.6 cm³/mol. The van der Waals surface area contributed by atoms with Crippen LogP contribution in [0.15, 0.2) is 24.3 Å². The van der Waals surface area contributed by atoms with Crippen LogP contribution in [0.1, 0.15) is 50.5 Å². The molecule has 0 heterocycles. The Morgan fingerprint density at radius 1 is 1.25 bits per heavy atom. The lowest BCUT2D eigenvalue weighted by molar-refractivity contribution is 0.0441. The molecule has 0 fully saturated rings. The van der Waals surface area contributed by atoms with E-state index in [0.29, 0.717) is 17.7 Å². The molecule has 0 unspecified atom stereocenters. The minimum atomic E-state index is -0.667. The zero-order valence-electron chi connectivity index (χ0n) is 15.1. The summed E-state index contributed by atoms with van der Waals surface area (Å²) in [7, 11) is 1.65. The summed E-state index contributed by atoms with van der Waals surface area (Å²) in [4.78, 5) is 25.9. The quantitative estimate of drug-likeness (QED) is 0.919. The number of hydrogen-bond acceptors (Lipinski definition) is 4. The van der Waals surface area contributed by atoms with E-state index >= 15 is 0 Å². The number of nitrogens with one attached hydrogen (secondary N) is 1. The van der Waals surface area contributed by atoms with Crippen LogP contribution in [0, 0.1) is 11.3 Å². The molecular weight excluding hydrogens is 306 g/mol. The summed E-state index contributed by atoms with van der Waals surface area (Å²) in [6.07, 6.45) is -0.528. The zero-order valence-corrected chi connectivity index (χ0v) is 15.1. The summed E-state index contributed by atoms with van der Waals surface area (Å²) in [6, 6.07) is 8.54. The average Bonchev–Trinajstić information content (AvgIpc) is 2.43. The van der Waals surface area contributed by atoms with Crippen molar-refractivity contribution in [1.29, 1.82) is 5.26 Å². The number of carbonyl (C=O) groups is 2. The van der Waals surface area contributed by atoms with E-state index in [9.17, 15) is 9.59 Å². The van der Waals surface area contributed by atoms with Crippen molar-refractivity contribution < 1.29 is 14.3 Å². The van der Waals surface area contributed by atoms with E-state index in [0.717, 1.165) is 0 Å². The molecule has 6 nitrogen and oxygen atoms in total. The second-order valence-electron chi connectivity index (χ2n) is 7.36. The topological polar surface area (TPSA) is 82.4 Å². The Bertz CT molecular complexity index is 654. The Kier molecular flexibility index (Phi) is 5.97. The molecule has 24 heavy (non-hydrogen) atoms. The van der Waals surface area contributed by atoms with Gasteiger partial charge in [-0.2, -0.15) is 5.26 Å². The Balaban J connectivity index is 2.74. The largest absolute Gasteiger partial charge is 0.444 e. The standard InChI is InChI=1S/C18H25N3O3/c1-17(2,3)24-16(23)20-18(4,5)12-21(6)15(22)14-9-7-8-13(10-14)11-19/h7-10H,12H2,1-6H3,(H,20,23). The van der Waals surface area contributed by atoms with Crippen molar-refractivity contribution in [3.05, 3.63) is 35.4 Å². The number of nitriles is 1. The van der Waals surface area contributed by atoms with Crippen LogP contribution in [-0.2, 0) is 4.74 Å². The van der Waals surface area contributed by atoms with E-state index < -0.39 is 17.2 Å². The van der Waals surface area contributed by atoms with E-state index in [1.807, 2.05) is 19.9 Å². The van der Waals surface area contributed by atoms with Crippen LogP contribution < -0.4 is 5.32 Å². The van der Waals surface area contributed by atoms with E-state index in [2.05, 4.69) is 5.32 Å². The van der Waals surface area contributed by atoms with Gasteiger partial charge in [0, 0.05) is 19.2 Å². The number of amides is 2. The Morgan fingerprint density at radius 3 is 2.42 bits per heavy atom. The smallest absolute Gasteiger partial charge is 0.408 e. The maximum Gasteiger partial charge on any atom is 0.408 e. The normalized spacial score (nSPS) is 11.4. The molecule has 6 heteroatoms. The van der Waals surface area contributed by atoms with E-state index in [1.165, 1.54) is 4.90 Å². The maximum absolute atomic E-state index is 12.5. The molecule has 0 aliphatic rings. The van der Waals surface area contributed by atoms with Crippen LogP contribution in [0.4, 0.5) is 4.79 Å². The number of rotatable bonds is 4. The van der Waals surface area contributed by atoms with Gasteiger partial charge in [-0.05, 0) is 52.8 Å². The summed E-state index contributed by atoms with van der Waals surface area (Å²) in [5.41, 5.74) is -0.385. The molecule has 0 bridgehead atoms. The molecule has 1 aromatic carbocycles. The van der Waals surface area contributed by atoms with Crippen LogP contribution >= 0.6 is 0 Å². The number of alkyl carbamates (subject to hydrolysis) is 1. The average molecular weight is 331 g/mol. The number of nitrogens with zero attached hydrogens (tertiary/aromatic N) is 2. The van der Waals surface area contributed by atoms with Gasteiger partial charge < -0.3 is 15.0 Å². The first-order chi connectivity index (χ1) is 10.9. The number of carbonyl (C=O) groups excluding carboxylic acids is 2. The van der Waals surface area contributed by atoms with Gasteiger partial charge >= 0.3 is 6.09 Å². The van der Waals surface area contributed by atoms with Gasteiger partial charge in [-0.25, -0.2) is 4.79 Å². The van der Waals surface area contributed by atoms with Crippen LogP contribution in [-0.4, -0.2) is 41.6 Å². The van der Waals surface area contributed by atoms with Gasteiger partial charge in [0.15, 0.2) is 0 Å². The maximum atomic E-state index is 12.5. The van der Waals surface area contributed by atoms with Crippen molar-refractivity contribution in [3.63, 3.8) is 0 Å². The third-order valence-corrected chi connectivity index (χ3v) is 3.06. The first kappa shape index (κ1) is 19.5. The van der Waals surface area contributed by atoms with Gasteiger partial charge in [0.05, 0.1) is 17.2 Å². The van der Waals surface area contributed by atoms with Crippen LogP contribution in [0.3, 0.4) is 0 Å². The highest BCUT2D eigenvalue weighted by Gasteiger charge is 2.27. The van der Waals surface area contributed by atoms with Crippen molar-refractivity contribution in [2.24, 2.45) is 0 Å². The van der Waals surface area contributed by atoms with Crippen LogP contribution in [0.5, 0.6) is 0 Å². The van der Waals surface area contributed by atoms with Crippen LogP contribution in [0.2, 0.25) is 0 Å². The lowest BCUT2D eigenvalue weighted by atomic mass is 10.0. The van der Waals surface area contributed by atoms with E-state index in [4.69, 9.17) is 10.00 Å². The lowest BCUT2D eigenvalue weighted by Crippen LogP contribution is -2.52. The van der Waals surface area contributed by atoms with Gasteiger partial charge in [0.25, 0.3) is 5.91 Å². The second kappa shape index (κ2) is 7.35.